The van der Waals surface area contributed by atoms with Crippen LogP contribution in [0.5, 0.6) is 0 Å². The average molecular weight is 358 g/mol. The molecule has 3 rings (SSSR count). The highest BCUT2D eigenvalue weighted by Gasteiger charge is 2.11. The lowest BCUT2D eigenvalue weighted by Gasteiger charge is -2.22. The van der Waals surface area contributed by atoms with E-state index in [9.17, 15) is 4.79 Å². The lowest BCUT2D eigenvalue weighted by atomic mass is 10.2. The maximum absolute atomic E-state index is 12.1. The van der Waals surface area contributed by atoms with E-state index < -0.39 is 0 Å². The largest absolute Gasteiger partial charge is 0.372 e. The molecule has 1 aromatic carbocycles. The summed E-state index contributed by atoms with van der Waals surface area (Å²) in [4.78, 5) is 15.8. The Morgan fingerprint density at radius 2 is 1.84 bits per heavy atom. The molecule has 0 unspecified atom stereocenters. The number of rotatable bonds is 6. The molecule has 1 aromatic heterocycles. The Morgan fingerprint density at radius 3 is 2.48 bits per heavy atom. The molecule has 0 bridgehead atoms. The van der Waals surface area contributed by atoms with Gasteiger partial charge in [0.2, 0.25) is 5.91 Å². The van der Waals surface area contributed by atoms with Gasteiger partial charge >= 0.3 is 0 Å². The zero-order valence-corrected chi connectivity index (χ0v) is 15.6. The molecule has 1 fully saturated rings. The summed E-state index contributed by atoms with van der Waals surface area (Å²) in [6, 6.07) is 12.5. The first-order valence-electron chi connectivity index (χ1n) is 9.14. The van der Waals surface area contributed by atoms with Crippen LogP contribution in [0.2, 0.25) is 0 Å². The fourth-order valence-corrected chi connectivity index (χ4v) is 3.93. The molecule has 25 heavy (non-hydrogen) atoms. The predicted octanol–water partition coefficient (Wildman–Crippen LogP) is 4.42. The lowest BCUT2D eigenvalue weighted by Crippen LogP contribution is -2.29. The van der Waals surface area contributed by atoms with Crippen molar-refractivity contribution in [3.8, 4) is 0 Å². The maximum atomic E-state index is 12.1. The minimum atomic E-state index is -0.00840. The lowest BCUT2D eigenvalue weighted by molar-refractivity contribution is -0.115. The van der Waals surface area contributed by atoms with Crippen LogP contribution in [0, 0.1) is 0 Å². The number of nitrogens with one attached hydrogen (secondary N) is 2. The minimum Gasteiger partial charge on any atom is -0.372 e. The van der Waals surface area contributed by atoms with Crippen LogP contribution in [-0.4, -0.2) is 25.5 Å². The van der Waals surface area contributed by atoms with Crippen LogP contribution >= 0.6 is 11.3 Å². The Balaban J connectivity index is 1.48. The number of thiophene rings is 1. The van der Waals surface area contributed by atoms with Gasteiger partial charge in [0, 0.05) is 35.4 Å². The van der Waals surface area contributed by atoms with Crippen molar-refractivity contribution >= 4 is 28.6 Å². The molecule has 2 N–H and O–H groups in total. The van der Waals surface area contributed by atoms with Crippen molar-refractivity contribution in [2.24, 2.45) is 0 Å². The van der Waals surface area contributed by atoms with E-state index in [4.69, 9.17) is 0 Å². The van der Waals surface area contributed by atoms with Crippen LogP contribution in [0.4, 0.5) is 11.4 Å². The van der Waals surface area contributed by atoms with Crippen LogP contribution in [0.1, 0.15) is 43.5 Å². The van der Waals surface area contributed by atoms with Crippen molar-refractivity contribution in [3.63, 3.8) is 0 Å². The van der Waals surface area contributed by atoms with Gasteiger partial charge < -0.3 is 15.5 Å². The zero-order valence-electron chi connectivity index (χ0n) is 14.8. The molecule has 134 valence electrons. The van der Waals surface area contributed by atoms with Gasteiger partial charge in [0.15, 0.2) is 0 Å². The second kappa shape index (κ2) is 9.02. The van der Waals surface area contributed by atoms with Gasteiger partial charge in [-0.15, -0.1) is 11.3 Å². The molecule has 0 radical (unpaired) electrons. The molecule has 1 saturated heterocycles. The Kier molecular flexibility index (Phi) is 6.48. The van der Waals surface area contributed by atoms with Crippen LogP contribution in [-0.2, 0) is 4.79 Å². The third-order valence-corrected chi connectivity index (χ3v) is 5.72. The number of hydrogen-bond donors (Lipinski definition) is 2. The van der Waals surface area contributed by atoms with E-state index in [1.54, 1.807) is 11.3 Å². The summed E-state index contributed by atoms with van der Waals surface area (Å²) in [7, 11) is 0. The third kappa shape index (κ3) is 5.31. The summed E-state index contributed by atoms with van der Waals surface area (Å²) >= 11 is 1.70. The first kappa shape index (κ1) is 18.0. The molecule has 1 aliphatic rings. The molecule has 2 aromatic rings. The summed E-state index contributed by atoms with van der Waals surface area (Å²) < 4.78 is 0. The maximum Gasteiger partial charge on any atom is 0.238 e. The molecule has 0 spiro atoms. The van der Waals surface area contributed by atoms with Gasteiger partial charge in [-0.05, 0) is 55.5 Å². The second-order valence-electron chi connectivity index (χ2n) is 6.61. The van der Waals surface area contributed by atoms with Crippen molar-refractivity contribution < 1.29 is 4.79 Å². The van der Waals surface area contributed by atoms with E-state index in [-0.39, 0.29) is 11.9 Å². The summed E-state index contributed by atoms with van der Waals surface area (Å²) in [6.45, 7) is 4.66. The number of hydrogen-bond acceptors (Lipinski definition) is 4. The van der Waals surface area contributed by atoms with Crippen LogP contribution < -0.4 is 15.5 Å². The summed E-state index contributed by atoms with van der Waals surface area (Å²) in [5, 5.41) is 8.29. The molecule has 1 atom stereocenters. The third-order valence-electron chi connectivity index (χ3n) is 4.66. The monoisotopic (exact) mass is 357 g/mol. The standard InChI is InChI=1S/C20H27N3OS/c1-16(19-7-6-14-25-19)21-15-20(24)22-17-8-10-18(11-9-17)23-12-4-2-3-5-13-23/h6-11,14,16,21H,2-5,12-13,15H2,1H3,(H,22,24)/t16-/m1/s1. The topological polar surface area (TPSA) is 44.4 Å². The highest BCUT2D eigenvalue weighted by Crippen LogP contribution is 2.22. The van der Waals surface area contributed by atoms with Gasteiger partial charge in [0.05, 0.1) is 6.54 Å². The van der Waals surface area contributed by atoms with Gasteiger partial charge in [0.1, 0.15) is 0 Å². The highest BCUT2D eigenvalue weighted by molar-refractivity contribution is 7.10. The Bertz CT molecular complexity index is 646. The van der Waals surface area contributed by atoms with Gasteiger partial charge in [-0.2, -0.15) is 0 Å². The second-order valence-corrected chi connectivity index (χ2v) is 7.59. The van der Waals surface area contributed by atoms with Crippen LogP contribution in [0.15, 0.2) is 41.8 Å². The molecule has 5 heteroatoms. The first-order chi connectivity index (χ1) is 12.2. The number of carbonyl (C=O) groups excluding carboxylic acids is 1. The molecule has 2 heterocycles. The molecule has 0 saturated carbocycles. The highest BCUT2D eigenvalue weighted by atomic mass is 32.1. The summed E-state index contributed by atoms with van der Waals surface area (Å²) in [5.41, 5.74) is 2.11. The Morgan fingerprint density at radius 1 is 1.12 bits per heavy atom. The van der Waals surface area contributed by atoms with E-state index in [2.05, 4.69) is 46.0 Å². The quantitative estimate of drug-likeness (QED) is 0.804. The number of amides is 1. The molecule has 1 amide bonds. The summed E-state index contributed by atoms with van der Waals surface area (Å²) in [6.07, 6.45) is 5.21. The van der Waals surface area contributed by atoms with E-state index in [1.807, 2.05) is 18.2 Å². The Hall–Kier alpha value is -1.85. The molecular formula is C20H27N3OS. The predicted molar refractivity (Wildman–Crippen MR) is 106 cm³/mol. The van der Waals surface area contributed by atoms with Crippen molar-refractivity contribution in [2.75, 3.05) is 29.9 Å². The molecule has 1 aliphatic heterocycles. The number of benzene rings is 1. The molecule has 4 nitrogen and oxygen atoms in total. The fourth-order valence-electron chi connectivity index (χ4n) is 3.17. The van der Waals surface area contributed by atoms with Crippen LogP contribution in [0.25, 0.3) is 0 Å². The normalized spacial score (nSPS) is 16.3. The smallest absolute Gasteiger partial charge is 0.238 e. The van der Waals surface area contributed by atoms with E-state index in [0.717, 1.165) is 18.8 Å². The van der Waals surface area contributed by atoms with E-state index in [1.165, 1.54) is 36.2 Å². The van der Waals surface area contributed by atoms with Gasteiger partial charge in [-0.1, -0.05) is 18.9 Å². The fraction of sp³-hybridized carbons (Fsp3) is 0.450. The SMILES string of the molecule is C[C@@H](NCC(=O)Nc1ccc(N2CCCCCC2)cc1)c1cccs1. The Labute approximate surface area is 154 Å². The van der Waals surface area contributed by atoms with Crippen LogP contribution in [0.3, 0.4) is 0 Å². The molecular weight excluding hydrogens is 330 g/mol. The first-order valence-corrected chi connectivity index (χ1v) is 10.0. The number of nitrogens with zero attached hydrogens (tertiary/aromatic N) is 1. The van der Waals surface area contributed by atoms with Crippen molar-refractivity contribution in [3.05, 3.63) is 46.7 Å². The van der Waals surface area contributed by atoms with Crippen molar-refractivity contribution in [1.29, 1.82) is 0 Å². The minimum absolute atomic E-state index is 0.00840. The number of anilines is 2. The zero-order chi connectivity index (χ0) is 17.5. The van der Waals surface area contributed by atoms with Gasteiger partial charge in [0.25, 0.3) is 0 Å². The van der Waals surface area contributed by atoms with E-state index in [0.29, 0.717) is 6.54 Å². The number of carbonyl (C=O) groups is 1. The van der Waals surface area contributed by atoms with Gasteiger partial charge in [-0.25, -0.2) is 0 Å². The van der Waals surface area contributed by atoms with Crippen molar-refractivity contribution in [1.82, 2.24) is 5.32 Å². The average Bonchev–Trinajstić information content (AvgIpc) is 3.03. The van der Waals surface area contributed by atoms with Gasteiger partial charge in [-0.3, -0.25) is 4.79 Å². The van der Waals surface area contributed by atoms with Crippen molar-refractivity contribution in [2.45, 2.75) is 38.6 Å². The summed E-state index contributed by atoms with van der Waals surface area (Å²) in [5.74, 6) is -0.00840. The van der Waals surface area contributed by atoms with E-state index >= 15 is 0 Å². The molecule has 0 aliphatic carbocycles.